The van der Waals surface area contributed by atoms with Gasteiger partial charge in [-0.15, -0.1) is 0 Å². The quantitative estimate of drug-likeness (QED) is 0.276. The highest BCUT2D eigenvalue weighted by Gasteiger charge is 2.18. The Morgan fingerprint density at radius 1 is 1.15 bits per heavy atom. The smallest absolute Gasteiger partial charge is 0.215 e. The molecule has 0 saturated carbocycles. The number of ether oxygens (including phenoxy) is 1. The minimum atomic E-state index is 0.0803. The molecule has 0 saturated heterocycles. The molecule has 0 fully saturated rings. The van der Waals surface area contributed by atoms with Gasteiger partial charge in [-0.05, 0) is 12.8 Å². The monoisotopic (exact) mass is 189 g/mol. The standard InChI is InChI=1S/C9H19NO3/c1-7(2)9(8(3)11-4)10-6-13-12-5/h6-9H,1-5H3/t8-,9+/m0/s1. The second-order valence-corrected chi connectivity index (χ2v) is 3.19. The maximum absolute atomic E-state index is 5.19. The Balaban J connectivity index is 4.09. The largest absolute Gasteiger partial charge is 0.380 e. The maximum Gasteiger partial charge on any atom is 0.215 e. The molecule has 0 aromatic heterocycles. The molecule has 0 spiro atoms. The average Bonchev–Trinajstić information content (AvgIpc) is 2.11. The molecule has 0 heterocycles. The van der Waals surface area contributed by atoms with Crippen LogP contribution in [-0.4, -0.2) is 32.8 Å². The van der Waals surface area contributed by atoms with Crippen LogP contribution < -0.4 is 0 Å². The van der Waals surface area contributed by atoms with Crippen molar-refractivity contribution in [1.29, 1.82) is 0 Å². The molecule has 0 aliphatic carbocycles. The van der Waals surface area contributed by atoms with Crippen molar-refractivity contribution in [2.24, 2.45) is 10.9 Å². The van der Waals surface area contributed by atoms with E-state index in [1.165, 1.54) is 13.5 Å². The molecule has 0 radical (unpaired) electrons. The third kappa shape index (κ3) is 4.85. The van der Waals surface area contributed by atoms with E-state index < -0.39 is 0 Å². The molecule has 0 N–H and O–H groups in total. The fraction of sp³-hybridized carbons (Fsp3) is 0.889. The molecule has 0 aromatic carbocycles. The second kappa shape index (κ2) is 6.86. The molecule has 78 valence electrons. The van der Waals surface area contributed by atoms with E-state index in [9.17, 15) is 0 Å². The highest BCUT2D eigenvalue weighted by molar-refractivity contribution is 5.45. The Kier molecular flexibility index (Phi) is 6.54. The van der Waals surface area contributed by atoms with Gasteiger partial charge < -0.3 is 9.62 Å². The lowest BCUT2D eigenvalue weighted by Crippen LogP contribution is -2.28. The molecule has 13 heavy (non-hydrogen) atoms. The zero-order valence-corrected chi connectivity index (χ0v) is 8.98. The van der Waals surface area contributed by atoms with Crippen LogP contribution in [0.1, 0.15) is 20.8 Å². The molecular formula is C9H19NO3. The summed E-state index contributed by atoms with van der Waals surface area (Å²) in [7, 11) is 3.11. The summed E-state index contributed by atoms with van der Waals surface area (Å²) in [5, 5.41) is 0. The average molecular weight is 189 g/mol. The van der Waals surface area contributed by atoms with Crippen LogP contribution in [0.2, 0.25) is 0 Å². The second-order valence-electron chi connectivity index (χ2n) is 3.19. The zero-order chi connectivity index (χ0) is 10.3. The van der Waals surface area contributed by atoms with Crippen LogP contribution in [0.4, 0.5) is 0 Å². The molecule has 2 atom stereocenters. The zero-order valence-electron chi connectivity index (χ0n) is 8.98. The van der Waals surface area contributed by atoms with E-state index in [0.29, 0.717) is 5.92 Å². The number of hydrogen-bond donors (Lipinski definition) is 0. The van der Waals surface area contributed by atoms with E-state index in [4.69, 9.17) is 4.74 Å². The summed E-state index contributed by atoms with van der Waals surface area (Å²) in [6.07, 6.45) is 1.39. The van der Waals surface area contributed by atoms with Crippen molar-refractivity contribution in [3.63, 3.8) is 0 Å². The fourth-order valence-corrected chi connectivity index (χ4v) is 1.11. The summed E-state index contributed by atoms with van der Waals surface area (Å²) >= 11 is 0. The molecule has 0 aromatic rings. The predicted molar refractivity (Wildman–Crippen MR) is 51.7 cm³/mol. The molecule has 0 unspecified atom stereocenters. The van der Waals surface area contributed by atoms with E-state index in [1.54, 1.807) is 7.11 Å². The molecule has 0 aliphatic rings. The first-order valence-electron chi connectivity index (χ1n) is 4.37. The van der Waals surface area contributed by atoms with Crippen LogP contribution in [-0.2, 0) is 14.5 Å². The van der Waals surface area contributed by atoms with Crippen LogP contribution >= 0.6 is 0 Å². The predicted octanol–water partition coefficient (Wildman–Crippen LogP) is 1.65. The minimum Gasteiger partial charge on any atom is -0.380 e. The van der Waals surface area contributed by atoms with Gasteiger partial charge in [0.05, 0.1) is 19.3 Å². The number of aliphatic imine (C=N–C) groups is 1. The van der Waals surface area contributed by atoms with Gasteiger partial charge in [0.15, 0.2) is 0 Å². The summed E-state index contributed by atoms with van der Waals surface area (Å²) in [6, 6.07) is 0.0974. The van der Waals surface area contributed by atoms with Gasteiger partial charge in [-0.2, -0.15) is 4.89 Å². The highest BCUT2D eigenvalue weighted by atomic mass is 17.2. The van der Waals surface area contributed by atoms with E-state index in [0.717, 1.165) is 0 Å². The summed E-state index contributed by atoms with van der Waals surface area (Å²) < 4.78 is 5.19. The van der Waals surface area contributed by atoms with Crippen molar-refractivity contribution < 1.29 is 14.5 Å². The third-order valence-corrected chi connectivity index (χ3v) is 1.91. The van der Waals surface area contributed by atoms with Crippen LogP contribution in [0.5, 0.6) is 0 Å². The van der Waals surface area contributed by atoms with Gasteiger partial charge in [0.1, 0.15) is 0 Å². The van der Waals surface area contributed by atoms with E-state index >= 15 is 0 Å². The van der Waals surface area contributed by atoms with Crippen LogP contribution in [0, 0.1) is 5.92 Å². The van der Waals surface area contributed by atoms with Crippen molar-refractivity contribution in [2.45, 2.75) is 32.9 Å². The topological polar surface area (TPSA) is 40.0 Å². The summed E-state index contributed by atoms with van der Waals surface area (Å²) in [6.45, 7) is 6.16. The van der Waals surface area contributed by atoms with Gasteiger partial charge in [-0.1, -0.05) is 13.8 Å². The van der Waals surface area contributed by atoms with Gasteiger partial charge in [-0.25, -0.2) is 4.99 Å². The fourth-order valence-electron chi connectivity index (χ4n) is 1.11. The molecule has 0 bridgehead atoms. The van der Waals surface area contributed by atoms with Crippen molar-refractivity contribution >= 4 is 6.40 Å². The third-order valence-electron chi connectivity index (χ3n) is 1.91. The summed E-state index contributed by atoms with van der Waals surface area (Å²) in [4.78, 5) is 13.1. The molecule has 0 amide bonds. The molecule has 0 rings (SSSR count). The first-order chi connectivity index (χ1) is 6.13. The lowest BCUT2D eigenvalue weighted by molar-refractivity contribution is -0.188. The van der Waals surface area contributed by atoms with Crippen molar-refractivity contribution in [3.05, 3.63) is 0 Å². The summed E-state index contributed by atoms with van der Waals surface area (Å²) in [5.41, 5.74) is 0. The van der Waals surface area contributed by atoms with E-state index in [1.807, 2.05) is 6.92 Å². The molecule has 4 nitrogen and oxygen atoms in total. The Morgan fingerprint density at radius 2 is 1.77 bits per heavy atom. The van der Waals surface area contributed by atoms with Crippen molar-refractivity contribution in [2.75, 3.05) is 14.2 Å². The summed E-state index contributed by atoms with van der Waals surface area (Å²) in [5.74, 6) is 0.409. The van der Waals surface area contributed by atoms with Gasteiger partial charge in [-0.3, -0.25) is 0 Å². The van der Waals surface area contributed by atoms with Gasteiger partial charge >= 0.3 is 0 Å². The van der Waals surface area contributed by atoms with Gasteiger partial charge in [0.25, 0.3) is 0 Å². The number of hydrogen-bond acceptors (Lipinski definition) is 4. The Bertz CT molecular complexity index is 148. The van der Waals surface area contributed by atoms with Gasteiger partial charge in [0.2, 0.25) is 6.40 Å². The normalized spacial score (nSPS) is 16.5. The first-order valence-corrected chi connectivity index (χ1v) is 4.37. The van der Waals surface area contributed by atoms with E-state index in [-0.39, 0.29) is 12.1 Å². The number of rotatable bonds is 6. The SMILES string of the molecule is COOC=N[C@H](C(C)C)[C@H](C)OC. The maximum atomic E-state index is 5.19. The Hall–Kier alpha value is -0.610. The Morgan fingerprint density at radius 3 is 2.15 bits per heavy atom. The molecular weight excluding hydrogens is 170 g/mol. The molecule has 4 heteroatoms. The Labute approximate surface area is 79.8 Å². The highest BCUT2D eigenvalue weighted by Crippen LogP contribution is 2.12. The van der Waals surface area contributed by atoms with Crippen molar-refractivity contribution in [1.82, 2.24) is 0 Å². The molecule has 0 aliphatic heterocycles. The van der Waals surface area contributed by atoms with Gasteiger partial charge in [0, 0.05) is 7.11 Å². The van der Waals surface area contributed by atoms with Crippen molar-refractivity contribution in [3.8, 4) is 0 Å². The van der Waals surface area contributed by atoms with Crippen LogP contribution in [0.25, 0.3) is 0 Å². The number of nitrogens with zero attached hydrogens (tertiary/aromatic N) is 1. The van der Waals surface area contributed by atoms with Crippen LogP contribution in [0.3, 0.4) is 0 Å². The van der Waals surface area contributed by atoms with Crippen LogP contribution in [0.15, 0.2) is 4.99 Å². The minimum absolute atomic E-state index is 0.0803. The van der Waals surface area contributed by atoms with E-state index in [2.05, 4.69) is 28.6 Å². The lowest BCUT2D eigenvalue weighted by Gasteiger charge is -2.21. The number of methoxy groups -OCH3 is 1. The lowest BCUT2D eigenvalue weighted by atomic mass is 10.0. The first kappa shape index (κ1) is 12.4.